The van der Waals surface area contributed by atoms with Gasteiger partial charge in [0.2, 0.25) is 0 Å². The van der Waals surface area contributed by atoms with Gasteiger partial charge in [-0.1, -0.05) is 19.3 Å². The van der Waals surface area contributed by atoms with Crippen molar-refractivity contribution >= 4 is 5.69 Å². The molecule has 0 aliphatic heterocycles. The van der Waals surface area contributed by atoms with Gasteiger partial charge in [-0.15, -0.1) is 0 Å². The molecular formula is C10H15N3O. The average Bonchev–Trinajstić information content (AvgIpc) is 2.23. The van der Waals surface area contributed by atoms with Crippen LogP contribution >= 0.6 is 0 Å². The van der Waals surface area contributed by atoms with Crippen molar-refractivity contribution in [3.8, 4) is 0 Å². The number of nitrogens with zero attached hydrogens (tertiary/aromatic N) is 2. The van der Waals surface area contributed by atoms with Crippen LogP contribution in [0.2, 0.25) is 0 Å². The minimum atomic E-state index is -0.175. The van der Waals surface area contributed by atoms with Gasteiger partial charge in [0.1, 0.15) is 0 Å². The summed E-state index contributed by atoms with van der Waals surface area (Å²) in [6, 6.07) is 0.312. The van der Waals surface area contributed by atoms with Crippen LogP contribution in [0.5, 0.6) is 0 Å². The maximum Gasteiger partial charge on any atom is 0.347 e. The number of anilines is 1. The molecule has 0 saturated heterocycles. The normalized spacial score (nSPS) is 18.3. The van der Waals surface area contributed by atoms with E-state index in [0.29, 0.717) is 11.7 Å². The lowest BCUT2D eigenvalue weighted by atomic mass is 9.95. The third kappa shape index (κ3) is 1.78. The molecule has 2 N–H and O–H groups in total. The molecule has 1 saturated carbocycles. The molecule has 1 heterocycles. The van der Waals surface area contributed by atoms with E-state index in [-0.39, 0.29) is 5.69 Å². The highest BCUT2D eigenvalue weighted by molar-refractivity contribution is 5.30. The molecule has 1 fully saturated rings. The summed E-state index contributed by atoms with van der Waals surface area (Å²) < 4.78 is 1.69. The van der Waals surface area contributed by atoms with E-state index >= 15 is 0 Å². The van der Waals surface area contributed by atoms with Crippen LogP contribution in [-0.4, -0.2) is 9.55 Å². The lowest BCUT2D eigenvalue weighted by molar-refractivity contribution is 0.343. The van der Waals surface area contributed by atoms with Crippen molar-refractivity contribution < 1.29 is 0 Å². The second-order valence-electron chi connectivity index (χ2n) is 3.87. The Hall–Kier alpha value is -1.32. The van der Waals surface area contributed by atoms with Crippen LogP contribution in [0, 0.1) is 0 Å². The largest absolute Gasteiger partial charge is 0.396 e. The van der Waals surface area contributed by atoms with E-state index < -0.39 is 0 Å². The Balaban J connectivity index is 2.29. The van der Waals surface area contributed by atoms with Crippen LogP contribution in [-0.2, 0) is 0 Å². The smallest absolute Gasteiger partial charge is 0.347 e. The van der Waals surface area contributed by atoms with Crippen molar-refractivity contribution in [3.05, 3.63) is 22.9 Å². The quantitative estimate of drug-likeness (QED) is 0.732. The van der Waals surface area contributed by atoms with E-state index in [1.165, 1.54) is 25.5 Å². The van der Waals surface area contributed by atoms with E-state index in [1.54, 1.807) is 10.8 Å². The first-order valence-electron chi connectivity index (χ1n) is 5.11. The molecule has 0 atom stereocenters. The molecule has 0 amide bonds. The molecule has 4 nitrogen and oxygen atoms in total. The fourth-order valence-corrected chi connectivity index (χ4v) is 2.07. The Bertz CT molecular complexity index is 366. The fourth-order valence-electron chi connectivity index (χ4n) is 2.07. The summed E-state index contributed by atoms with van der Waals surface area (Å²) in [5.41, 5.74) is 6.00. The zero-order chi connectivity index (χ0) is 9.97. The van der Waals surface area contributed by atoms with Crippen LogP contribution in [0.25, 0.3) is 0 Å². The van der Waals surface area contributed by atoms with Crippen LogP contribution in [0.4, 0.5) is 5.69 Å². The molecule has 1 aliphatic carbocycles. The molecule has 0 radical (unpaired) electrons. The van der Waals surface area contributed by atoms with E-state index in [4.69, 9.17) is 5.73 Å². The van der Waals surface area contributed by atoms with Crippen molar-refractivity contribution in [2.75, 3.05) is 5.73 Å². The molecule has 14 heavy (non-hydrogen) atoms. The number of nitrogen functional groups attached to an aromatic ring is 1. The Morgan fingerprint density at radius 2 is 2.07 bits per heavy atom. The lowest BCUT2D eigenvalue weighted by Gasteiger charge is -2.23. The number of aromatic nitrogens is 2. The molecule has 0 aromatic carbocycles. The summed E-state index contributed by atoms with van der Waals surface area (Å²) >= 11 is 0. The van der Waals surface area contributed by atoms with Crippen molar-refractivity contribution in [2.45, 2.75) is 38.1 Å². The number of hydrogen-bond donors (Lipinski definition) is 1. The van der Waals surface area contributed by atoms with Gasteiger partial charge in [0.25, 0.3) is 0 Å². The minimum Gasteiger partial charge on any atom is -0.396 e. The fraction of sp³-hybridized carbons (Fsp3) is 0.600. The van der Waals surface area contributed by atoms with Gasteiger partial charge in [-0.05, 0) is 12.8 Å². The highest BCUT2D eigenvalue weighted by Crippen LogP contribution is 2.26. The van der Waals surface area contributed by atoms with Gasteiger partial charge in [0.15, 0.2) is 0 Å². The van der Waals surface area contributed by atoms with Gasteiger partial charge in [-0.3, -0.25) is 4.57 Å². The minimum absolute atomic E-state index is 0.175. The van der Waals surface area contributed by atoms with Gasteiger partial charge in [0.05, 0.1) is 11.9 Å². The maximum absolute atomic E-state index is 11.5. The molecule has 1 aromatic heterocycles. The first-order valence-corrected chi connectivity index (χ1v) is 5.11. The van der Waals surface area contributed by atoms with E-state index in [2.05, 4.69) is 4.98 Å². The molecule has 4 heteroatoms. The van der Waals surface area contributed by atoms with Gasteiger partial charge in [-0.25, -0.2) is 4.79 Å². The highest BCUT2D eigenvalue weighted by Gasteiger charge is 2.16. The Kier molecular flexibility index (Phi) is 2.52. The summed E-state index contributed by atoms with van der Waals surface area (Å²) in [6.07, 6.45) is 8.96. The van der Waals surface area contributed by atoms with Gasteiger partial charge >= 0.3 is 5.69 Å². The highest BCUT2D eigenvalue weighted by atomic mass is 16.1. The number of nitrogens with two attached hydrogens (primary N) is 1. The standard InChI is InChI=1S/C10H15N3O/c11-8-6-12-10(14)13(7-8)9-4-2-1-3-5-9/h6-7,9H,1-5,11H2. The van der Waals surface area contributed by atoms with Crippen LogP contribution < -0.4 is 11.4 Å². The zero-order valence-corrected chi connectivity index (χ0v) is 8.15. The summed E-state index contributed by atoms with van der Waals surface area (Å²) in [7, 11) is 0. The van der Waals surface area contributed by atoms with Crippen molar-refractivity contribution in [3.63, 3.8) is 0 Å². The second kappa shape index (κ2) is 3.82. The average molecular weight is 193 g/mol. The Morgan fingerprint density at radius 1 is 1.36 bits per heavy atom. The molecule has 0 bridgehead atoms. The molecular weight excluding hydrogens is 178 g/mol. The Morgan fingerprint density at radius 3 is 2.79 bits per heavy atom. The zero-order valence-electron chi connectivity index (χ0n) is 8.15. The predicted molar refractivity (Wildman–Crippen MR) is 55.0 cm³/mol. The summed E-state index contributed by atoms with van der Waals surface area (Å²) in [6.45, 7) is 0. The summed E-state index contributed by atoms with van der Waals surface area (Å²) in [4.78, 5) is 15.2. The Labute approximate surface area is 82.8 Å². The molecule has 1 aliphatic rings. The third-order valence-electron chi connectivity index (χ3n) is 2.80. The van der Waals surface area contributed by atoms with Crippen LogP contribution in [0.3, 0.4) is 0 Å². The predicted octanol–water partition coefficient (Wildman–Crippen LogP) is 1.33. The number of hydrogen-bond acceptors (Lipinski definition) is 3. The third-order valence-corrected chi connectivity index (χ3v) is 2.80. The molecule has 2 rings (SSSR count). The van der Waals surface area contributed by atoms with E-state index in [9.17, 15) is 4.79 Å². The number of rotatable bonds is 1. The summed E-state index contributed by atoms with van der Waals surface area (Å²) in [5.74, 6) is 0. The topological polar surface area (TPSA) is 60.9 Å². The lowest BCUT2D eigenvalue weighted by Crippen LogP contribution is -2.28. The second-order valence-corrected chi connectivity index (χ2v) is 3.87. The SMILES string of the molecule is Nc1cnc(=O)n(C2CCCCC2)c1. The van der Waals surface area contributed by atoms with Crippen molar-refractivity contribution in [2.24, 2.45) is 0 Å². The molecule has 0 spiro atoms. The van der Waals surface area contributed by atoms with Gasteiger partial charge in [-0.2, -0.15) is 4.98 Å². The first-order chi connectivity index (χ1) is 6.77. The van der Waals surface area contributed by atoms with Crippen molar-refractivity contribution in [1.29, 1.82) is 0 Å². The van der Waals surface area contributed by atoms with E-state index in [1.807, 2.05) is 0 Å². The van der Waals surface area contributed by atoms with Crippen LogP contribution in [0.15, 0.2) is 17.2 Å². The summed E-state index contributed by atoms with van der Waals surface area (Å²) in [5, 5.41) is 0. The first kappa shape index (κ1) is 9.24. The van der Waals surface area contributed by atoms with Crippen molar-refractivity contribution in [1.82, 2.24) is 9.55 Å². The van der Waals surface area contributed by atoms with Gasteiger partial charge < -0.3 is 5.73 Å². The molecule has 76 valence electrons. The van der Waals surface area contributed by atoms with E-state index in [0.717, 1.165) is 12.8 Å². The molecule has 0 unspecified atom stereocenters. The monoisotopic (exact) mass is 193 g/mol. The molecule has 1 aromatic rings. The van der Waals surface area contributed by atoms with Crippen LogP contribution in [0.1, 0.15) is 38.1 Å². The maximum atomic E-state index is 11.5. The van der Waals surface area contributed by atoms with Gasteiger partial charge in [0, 0.05) is 12.2 Å².